The highest BCUT2D eigenvalue weighted by atomic mass is 32.1. The van der Waals surface area contributed by atoms with E-state index in [2.05, 4.69) is 25.3 Å². The monoisotopic (exact) mass is 544 g/mol. The topological polar surface area (TPSA) is 105 Å². The number of thiazole rings is 1. The molecule has 5 rings (SSSR count). The van der Waals surface area contributed by atoms with E-state index in [9.17, 15) is 18.3 Å². The molecule has 12 heteroatoms. The molecule has 0 radical (unpaired) electrons. The van der Waals surface area contributed by atoms with Gasteiger partial charge in [0.2, 0.25) is 5.95 Å². The Labute approximate surface area is 221 Å². The third-order valence-corrected chi connectivity index (χ3v) is 7.50. The second-order valence-corrected chi connectivity index (χ2v) is 10.4. The van der Waals surface area contributed by atoms with Crippen LogP contribution in [0.1, 0.15) is 36.2 Å². The molecule has 8 nitrogen and oxygen atoms in total. The van der Waals surface area contributed by atoms with Gasteiger partial charge in [-0.2, -0.15) is 4.98 Å². The van der Waals surface area contributed by atoms with Gasteiger partial charge >= 0.3 is 6.36 Å². The highest BCUT2D eigenvalue weighted by molar-refractivity contribution is 7.21. The zero-order valence-electron chi connectivity index (χ0n) is 20.8. The largest absolute Gasteiger partial charge is 0.573 e. The molecule has 1 saturated carbocycles. The predicted octanol–water partition coefficient (Wildman–Crippen LogP) is 5.85. The molecule has 0 saturated heterocycles. The predicted molar refractivity (Wildman–Crippen MR) is 140 cm³/mol. The summed E-state index contributed by atoms with van der Waals surface area (Å²) in [6, 6.07) is 7.82. The minimum absolute atomic E-state index is 0.160. The molecule has 3 N–H and O–H groups in total. The van der Waals surface area contributed by atoms with E-state index in [-0.39, 0.29) is 24.3 Å². The highest BCUT2D eigenvalue weighted by Gasteiger charge is 2.31. The molecule has 0 spiro atoms. The number of hydrogen-bond donors (Lipinski definition) is 3. The summed E-state index contributed by atoms with van der Waals surface area (Å²) < 4.78 is 42.3. The zero-order chi connectivity index (χ0) is 26.9. The van der Waals surface area contributed by atoms with Crippen LogP contribution < -0.4 is 15.4 Å². The van der Waals surface area contributed by atoms with Crippen molar-refractivity contribution < 1.29 is 23.0 Å². The van der Waals surface area contributed by atoms with E-state index < -0.39 is 6.36 Å². The van der Waals surface area contributed by atoms with E-state index in [1.165, 1.54) is 12.1 Å². The van der Waals surface area contributed by atoms with Gasteiger partial charge in [0.15, 0.2) is 0 Å². The number of ether oxygens (including phenoxy) is 1. The van der Waals surface area contributed by atoms with Gasteiger partial charge < -0.3 is 20.5 Å². The van der Waals surface area contributed by atoms with E-state index in [1.807, 2.05) is 19.9 Å². The van der Waals surface area contributed by atoms with Crippen LogP contribution in [-0.4, -0.2) is 44.1 Å². The van der Waals surface area contributed by atoms with Gasteiger partial charge in [0.05, 0.1) is 22.2 Å². The van der Waals surface area contributed by atoms with Gasteiger partial charge in [0.1, 0.15) is 22.1 Å². The number of aliphatic hydroxyl groups excluding tert-OH is 1. The van der Waals surface area contributed by atoms with Crippen molar-refractivity contribution in [2.75, 3.05) is 17.2 Å². The standard InChI is InChI=1S/C26H27F3N6O2S/c1-14-9-21-20(12-30-14)34-24(38-21)22-15(2)32-25(35-23(22)33-18-6-3-17(10-18)13-36)31-11-16-4-7-19(8-5-16)37-26(27,28)29/h4-5,7-9,12,17-18,36H,3,6,10-11,13H2,1-2H3,(H2,31,32,33,35). The summed E-state index contributed by atoms with van der Waals surface area (Å²) in [5.41, 5.74) is 4.02. The van der Waals surface area contributed by atoms with Gasteiger partial charge in [-0.25, -0.2) is 9.97 Å². The van der Waals surface area contributed by atoms with Crippen molar-refractivity contribution in [2.24, 2.45) is 5.92 Å². The lowest BCUT2D eigenvalue weighted by molar-refractivity contribution is -0.274. The van der Waals surface area contributed by atoms with Gasteiger partial charge in [-0.05, 0) is 62.8 Å². The van der Waals surface area contributed by atoms with Crippen molar-refractivity contribution in [3.8, 4) is 16.3 Å². The minimum Gasteiger partial charge on any atom is -0.406 e. The van der Waals surface area contributed by atoms with Crippen LogP contribution in [0.3, 0.4) is 0 Å². The number of benzene rings is 1. The number of nitrogens with one attached hydrogen (secondary N) is 2. The number of aliphatic hydroxyl groups is 1. The molecule has 4 aromatic rings. The maximum absolute atomic E-state index is 12.4. The van der Waals surface area contributed by atoms with E-state index in [0.717, 1.165) is 57.0 Å². The molecule has 2 atom stereocenters. The van der Waals surface area contributed by atoms with Gasteiger partial charge in [-0.1, -0.05) is 12.1 Å². The third kappa shape index (κ3) is 6.13. The average molecular weight is 545 g/mol. The van der Waals surface area contributed by atoms with Crippen LogP contribution in [0.4, 0.5) is 24.9 Å². The van der Waals surface area contributed by atoms with Crippen LogP contribution in [0.5, 0.6) is 5.75 Å². The van der Waals surface area contributed by atoms with Crippen molar-refractivity contribution in [3.05, 3.63) is 53.5 Å². The van der Waals surface area contributed by atoms with Gasteiger partial charge in [0, 0.05) is 24.9 Å². The number of alkyl halides is 3. The number of hydrogen-bond acceptors (Lipinski definition) is 9. The Morgan fingerprint density at radius 3 is 2.61 bits per heavy atom. The Bertz CT molecular complexity index is 1430. The van der Waals surface area contributed by atoms with E-state index in [4.69, 9.17) is 9.97 Å². The van der Waals surface area contributed by atoms with Gasteiger partial charge in [-0.3, -0.25) is 4.98 Å². The van der Waals surface area contributed by atoms with Crippen LogP contribution in [0.15, 0.2) is 36.5 Å². The van der Waals surface area contributed by atoms with Crippen molar-refractivity contribution >= 4 is 33.3 Å². The van der Waals surface area contributed by atoms with Crippen LogP contribution in [0.25, 0.3) is 20.8 Å². The van der Waals surface area contributed by atoms with Crippen molar-refractivity contribution in [1.29, 1.82) is 0 Å². The van der Waals surface area contributed by atoms with Crippen molar-refractivity contribution in [3.63, 3.8) is 0 Å². The normalized spacial score (nSPS) is 17.6. The summed E-state index contributed by atoms with van der Waals surface area (Å²) in [5, 5.41) is 17.1. The Hall–Kier alpha value is -3.51. The lowest BCUT2D eigenvalue weighted by Crippen LogP contribution is -2.19. The third-order valence-electron chi connectivity index (χ3n) is 6.46. The molecule has 3 aromatic heterocycles. The number of nitrogens with zero attached hydrogens (tertiary/aromatic N) is 4. The Balaban J connectivity index is 1.41. The number of aromatic nitrogens is 4. The first-order chi connectivity index (χ1) is 18.2. The quantitative estimate of drug-likeness (QED) is 0.254. The molecule has 200 valence electrons. The number of aryl methyl sites for hydroxylation is 2. The molecule has 0 aliphatic heterocycles. The highest BCUT2D eigenvalue weighted by Crippen LogP contribution is 2.38. The molecular formula is C26H27F3N6O2S. The molecule has 1 aromatic carbocycles. The fourth-order valence-corrected chi connectivity index (χ4v) is 5.74. The lowest BCUT2D eigenvalue weighted by Gasteiger charge is -2.18. The maximum Gasteiger partial charge on any atom is 0.573 e. The summed E-state index contributed by atoms with van der Waals surface area (Å²) >= 11 is 1.55. The van der Waals surface area contributed by atoms with Crippen molar-refractivity contribution in [2.45, 2.75) is 52.1 Å². The van der Waals surface area contributed by atoms with Crippen LogP contribution >= 0.6 is 11.3 Å². The Morgan fingerprint density at radius 1 is 1.11 bits per heavy atom. The molecule has 38 heavy (non-hydrogen) atoms. The van der Waals surface area contributed by atoms with Gasteiger partial charge in [-0.15, -0.1) is 24.5 Å². The summed E-state index contributed by atoms with van der Waals surface area (Å²) in [5.74, 6) is 1.03. The summed E-state index contributed by atoms with van der Waals surface area (Å²) in [6.45, 7) is 4.32. The number of rotatable bonds is 8. The fourth-order valence-electron chi connectivity index (χ4n) is 4.60. The molecule has 1 fully saturated rings. The fraction of sp³-hybridized carbons (Fsp3) is 0.385. The summed E-state index contributed by atoms with van der Waals surface area (Å²) in [7, 11) is 0. The van der Waals surface area contributed by atoms with E-state index in [1.54, 1.807) is 29.7 Å². The summed E-state index contributed by atoms with van der Waals surface area (Å²) in [4.78, 5) is 18.6. The number of anilines is 2. The second-order valence-electron chi connectivity index (χ2n) is 9.42. The van der Waals surface area contributed by atoms with Gasteiger partial charge in [0.25, 0.3) is 0 Å². The first kappa shape index (κ1) is 26.1. The van der Waals surface area contributed by atoms with E-state index in [0.29, 0.717) is 18.3 Å². The number of halogens is 3. The Kier molecular flexibility index (Phi) is 7.35. The van der Waals surface area contributed by atoms with Crippen LogP contribution in [-0.2, 0) is 6.54 Å². The van der Waals surface area contributed by atoms with E-state index >= 15 is 0 Å². The lowest BCUT2D eigenvalue weighted by atomic mass is 10.1. The Morgan fingerprint density at radius 2 is 1.89 bits per heavy atom. The molecule has 1 aliphatic carbocycles. The first-order valence-electron chi connectivity index (χ1n) is 12.2. The number of pyridine rings is 1. The second kappa shape index (κ2) is 10.7. The van der Waals surface area contributed by atoms with Crippen molar-refractivity contribution in [1.82, 2.24) is 19.9 Å². The maximum atomic E-state index is 12.4. The molecule has 0 bridgehead atoms. The zero-order valence-corrected chi connectivity index (χ0v) is 21.7. The molecule has 3 heterocycles. The number of fused-ring (bicyclic) bond motifs is 1. The molecule has 0 amide bonds. The molecular weight excluding hydrogens is 517 g/mol. The molecule has 1 aliphatic rings. The average Bonchev–Trinajstić information content (AvgIpc) is 3.48. The molecule has 2 unspecified atom stereocenters. The first-order valence-corrected chi connectivity index (χ1v) is 13.1. The smallest absolute Gasteiger partial charge is 0.406 e. The van der Waals surface area contributed by atoms with Crippen LogP contribution in [0.2, 0.25) is 0 Å². The summed E-state index contributed by atoms with van der Waals surface area (Å²) in [6.07, 6.45) is -0.259. The minimum atomic E-state index is -4.73. The van der Waals surface area contributed by atoms with Crippen LogP contribution in [0, 0.1) is 19.8 Å². The SMILES string of the molecule is Cc1cc2sc(-c3c(C)nc(NCc4ccc(OC(F)(F)F)cc4)nc3NC3CCC(CO)C3)nc2cn1.